The van der Waals surface area contributed by atoms with Crippen molar-refractivity contribution < 1.29 is 5.11 Å². The quantitative estimate of drug-likeness (QED) is 0.722. The van der Waals surface area contributed by atoms with Crippen molar-refractivity contribution in [1.82, 2.24) is 9.38 Å². The summed E-state index contributed by atoms with van der Waals surface area (Å²) in [5.74, 6) is 0. The van der Waals surface area contributed by atoms with Gasteiger partial charge in [0, 0.05) is 0 Å². The number of nitrogens with zero attached hydrogens (tertiary/aromatic N) is 2. The average Bonchev–Trinajstić information content (AvgIpc) is 3.02. The van der Waals surface area contributed by atoms with E-state index in [9.17, 15) is 5.11 Å². The zero-order chi connectivity index (χ0) is 13.7. The monoisotopic (exact) mass is 285 g/mol. The maximum Gasteiger partial charge on any atom is 0.196 e. The van der Waals surface area contributed by atoms with E-state index in [1.54, 1.807) is 6.07 Å². The fraction of sp³-hybridized carbons (Fsp3) is 0.333. The van der Waals surface area contributed by atoms with Crippen LogP contribution in [0.3, 0.4) is 0 Å². The molecule has 0 unspecified atom stereocenters. The van der Waals surface area contributed by atoms with E-state index in [2.05, 4.69) is 4.98 Å². The molecule has 2 heterocycles. The average molecular weight is 285 g/mol. The lowest BCUT2D eigenvalue weighted by molar-refractivity contribution is 0.0391. The molecule has 4 rings (SSSR count). The molecule has 0 spiro atoms. The predicted molar refractivity (Wildman–Crippen MR) is 78.8 cm³/mol. The van der Waals surface area contributed by atoms with E-state index in [0.717, 1.165) is 47.4 Å². The number of aromatic nitrogens is 2. The van der Waals surface area contributed by atoms with Crippen molar-refractivity contribution >= 4 is 27.3 Å². The summed E-state index contributed by atoms with van der Waals surface area (Å²) in [5, 5.41) is 18.9. The third-order valence-corrected chi connectivity index (χ3v) is 4.94. The van der Waals surface area contributed by atoms with Crippen LogP contribution in [0.15, 0.2) is 30.3 Å². The third-order valence-electron chi connectivity index (χ3n) is 4.15. The Hall–Kier alpha value is -1.72. The highest BCUT2D eigenvalue weighted by molar-refractivity contribution is 7.14. The Labute approximate surface area is 119 Å². The molecule has 1 aliphatic rings. The Bertz CT molecular complexity index is 858. The lowest BCUT2D eigenvalue weighted by Crippen LogP contribution is -2.25. The van der Waals surface area contributed by atoms with E-state index in [4.69, 9.17) is 5.41 Å². The fourth-order valence-corrected chi connectivity index (χ4v) is 3.98. The first-order valence-corrected chi connectivity index (χ1v) is 7.68. The normalized spacial score (nSPS) is 18.1. The van der Waals surface area contributed by atoms with Gasteiger partial charge in [-0.05, 0) is 31.0 Å². The van der Waals surface area contributed by atoms with Crippen LogP contribution in [0, 0.1) is 5.41 Å². The molecule has 0 bridgehead atoms. The van der Waals surface area contributed by atoms with E-state index >= 15 is 0 Å². The van der Waals surface area contributed by atoms with Gasteiger partial charge < -0.3 is 5.11 Å². The summed E-state index contributed by atoms with van der Waals surface area (Å²) in [4.78, 5) is 5.38. The SMILES string of the molecule is N=c1cc(C2(O)CCCC2)n2c(nc3ccccc32)s1. The summed E-state index contributed by atoms with van der Waals surface area (Å²) in [6, 6.07) is 9.74. The molecule has 3 aromatic rings. The van der Waals surface area contributed by atoms with Crippen LogP contribution in [0.5, 0.6) is 0 Å². The van der Waals surface area contributed by atoms with Gasteiger partial charge in [-0.3, -0.25) is 9.81 Å². The van der Waals surface area contributed by atoms with E-state index in [0.29, 0.717) is 4.67 Å². The lowest BCUT2D eigenvalue weighted by Gasteiger charge is -2.23. The molecule has 0 aliphatic heterocycles. The molecule has 2 aromatic heterocycles. The van der Waals surface area contributed by atoms with Crippen LogP contribution >= 0.6 is 11.3 Å². The molecule has 0 amide bonds. The molecule has 1 aromatic carbocycles. The number of hydrogen-bond donors (Lipinski definition) is 2. The lowest BCUT2D eigenvalue weighted by atomic mass is 9.97. The zero-order valence-electron chi connectivity index (χ0n) is 11.0. The number of para-hydroxylation sites is 2. The van der Waals surface area contributed by atoms with Crippen LogP contribution in [0.4, 0.5) is 0 Å². The summed E-state index contributed by atoms with van der Waals surface area (Å²) < 4.78 is 2.48. The summed E-state index contributed by atoms with van der Waals surface area (Å²) in [7, 11) is 0. The second-order valence-corrected chi connectivity index (χ2v) is 6.46. The number of nitrogens with one attached hydrogen (secondary N) is 1. The third kappa shape index (κ3) is 1.63. The molecule has 1 saturated carbocycles. The van der Waals surface area contributed by atoms with Crippen molar-refractivity contribution in [2.75, 3.05) is 0 Å². The van der Waals surface area contributed by atoms with E-state index in [1.807, 2.05) is 28.7 Å². The van der Waals surface area contributed by atoms with Gasteiger partial charge in [-0.25, -0.2) is 4.98 Å². The Kier molecular flexibility index (Phi) is 2.49. The summed E-state index contributed by atoms with van der Waals surface area (Å²) in [6.45, 7) is 0. The van der Waals surface area contributed by atoms with Gasteiger partial charge in [0.05, 0.1) is 16.7 Å². The second kappa shape index (κ2) is 4.14. The maximum absolute atomic E-state index is 10.9. The Balaban J connectivity index is 2.16. The summed E-state index contributed by atoms with van der Waals surface area (Å²) in [5.41, 5.74) is 1.93. The van der Waals surface area contributed by atoms with Crippen LogP contribution in [0.1, 0.15) is 31.4 Å². The minimum Gasteiger partial charge on any atom is -0.384 e. The van der Waals surface area contributed by atoms with Crippen molar-refractivity contribution in [2.45, 2.75) is 31.3 Å². The first-order chi connectivity index (χ1) is 9.67. The molecule has 0 saturated heterocycles. The number of benzene rings is 1. The van der Waals surface area contributed by atoms with Gasteiger partial charge in [0.25, 0.3) is 0 Å². The zero-order valence-corrected chi connectivity index (χ0v) is 11.8. The van der Waals surface area contributed by atoms with Gasteiger partial charge >= 0.3 is 0 Å². The van der Waals surface area contributed by atoms with E-state index in [-0.39, 0.29) is 0 Å². The molecule has 1 aliphatic carbocycles. The Morgan fingerprint density at radius 2 is 2.00 bits per heavy atom. The molecule has 4 nitrogen and oxygen atoms in total. The highest BCUT2D eigenvalue weighted by atomic mass is 32.1. The minimum absolute atomic E-state index is 0.447. The first kappa shape index (κ1) is 12.1. The van der Waals surface area contributed by atoms with Gasteiger partial charge in [-0.1, -0.05) is 36.3 Å². The van der Waals surface area contributed by atoms with Crippen LogP contribution in [-0.2, 0) is 5.60 Å². The predicted octanol–water partition coefficient (Wildman–Crippen LogP) is 2.79. The molecule has 0 radical (unpaired) electrons. The van der Waals surface area contributed by atoms with E-state index in [1.165, 1.54) is 11.3 Å². The van der Waals surface area contributed by atoms with Crippen molar-refractivity contribution in [2.24, 2.45) is 0 Å². The maximum atomic E-state index is 10.9. The van der Waals surface area contributed by atoms with Crippen LogP contribution < -0.4 is 4.67 Å². The Morgan fingerprint density at radius 1 is 1.25 bits per heavy atom. The molecule has 102 valence electrons. The number of hydrogen-bond acceptors (Lipinski definition) is 4. The highest BCUT2D eigenvalue weighted by Gasteiger charge is 2.35. The van der Waals surface area contributed by atoms with Gasteiger partial charge in [-0.2, -0.15) is 0 Å². The number of fused-ring (bicyclic) bond motifs is 3. The molecular weight excluding hydrogens is 270 g/mol. The van der Waals surface area contributed by atoms with Gasteiger partial charge in [0.2, 0.25) is 0 Å². The van der Waals surface area contributed by atoms with E-state index < -0.39 is 5.60 Å². The Morgan fingerprint density at radius 3 is 2.80 bits per heavy atom. The largest absolute Gasteiger partial charge is 0.384 e. The number of rotatable bonds is 1. The molecule has 5 heteroatoms. The molecule has 0 atom stereocenters. The molecule has 2 N–H and O–H groups in total. The van der Waals surface area contributed by atoms with Crippen molar-refractivity contribution in [1.29, 1.82) is 5.41 Å². The topological polar surface area (TPSA) is 61.4 Å². The van der Waals surface area contributed by atoms with Crippen LogP contribution in [0.2, 0.25) is 0 Å². The number of imidazole rings is 1. The van der Waals surface area contributed by atoms with Crippen molar-refractivity contribution in [3.63, 3.8) is 0 Å². The van der Waals surface area contributed by atoms with Gasteiger partial charge in [-0.15, -0.1) is 0 Å². The number of aliphatic hydroxyl groups is 1. The molecular formula is C15H15N3OS. The smallest absolute Gasteiger partial charge is 0.196 e. The summed E-state index contributed by atoms with van der Waals surface area (Å²) in [6.07, 6.45) is 3.61. The second-order valence-electron chi connectivity index (χ2n) is 5.45. The standard InChI is InChI=1S/C15H15N3OS/c16-13-9-12(15(19)7-3-4-8-15)18-11-6-2-1-5-10(11)17-14(18)20-13/h1-2,5-6,9,16,19H,3-4,7-8H2. The van der Waals surface area contributed by atoms with Gasteiger partial charge in [0.1, 0.15) is 10.3 Å². The van der Waals surface area contributed by atoms with Crippen LogP contribution in [-0.4, -0.2) is 14.5 Å². The first-order valence-electron chi connectivity index (χ1n) is 6.86. The minimum atomic E-state index is -0.814. The summed E-state index contributed by atoms with van der Waals surface area (Å²) >= 11 is 1.35. The van der Waals surface area contributed by atoms with Crippen molar-refractivity contribution in [3.8, 4) is 0 Å². The molecule has 1 fully saturated rings. The fourth-order valence-electron chi connectivity index (χ4n) is 3.18. The molecule has 20 heavy (non-hydrogen) atoms. The van der Waals surface area contributed by atoms with Crippen LogP contribution in [0.25, 0.3) is 16.0 Å². The van der Waals surface area contributed by atoms with Gasteiger partial charge in [0.15, 0.2) is 4.96 Å². The van der Waals surface area contributed by atoms with Crippen molar-refractivity contribution in [3.05, 3.63) is 40.7 Å². The highest BCUT2D eigenvalue weighted by Crippen LogP contribution is 2.39.